The summed E-state index contributed by atoms with van der Waals surface area (Å²) in [5, 5.41) is 2.00. The Morgan fingerprint density at radius 1 is 1.11 bits per heavy atom. The predicted octanol–water partition coefficient (Wildman–Crippen LogP) is 4.60. The molecule has 0 saturated heterocycles. The van der Waals surface area contributed by atoms with Gasteiger partial charge in [0.15, 0.2) is 0 Å². The smallest absolute Gasteiger partial charge is 0.128 e. The minimum absolute atomic E-state index is 0.206. The van der Waals surface area contributed by atoms with Crippen molar-refractivity contribution >= 4 is 32.1 Å². The fourth-order valence-electron chi connectivity index (χ4n) is 1.99. The molecule has 1 aromatic carbocycles. The largest absolute Gasteiger partial charge is 0.320 e. The first-order chi connectivity index (χ1) is 9.06. The van der Waals surface area contributed by atoms with Crippen LogP contribution in [0.15, 0.2) is 29.6 Å². The van der Waals surface area contributed by atoms with Crippen molar-refractivity contribution in [1.82, 2.24) is 0 Å². The van der Waals surface area contributed by atoms with Crippen LogP contribution in [0.1, 0.15) is 22.0 Å². The van der Waals surface area contributed by atoms with Gasteiger partial charge in [-0.2, -0.15) is 0 Å². The first kappa shape index (κ1) is 12.7. The number of rotatable bonds is 2. The lowest BCUT2D eigenvalue weighted by Gasteiger charge is -2.12. The Bertz CT molecular complexity index is 717. The molecule has 0 fully saturated rings. The summed E-state index contributed by atoms with van der Waals surface area (Å²) >= 11 is 3.14. The van der Waals surface area contributed by atoms with Crippen molar-refractivity contribution in [1.29, 1.82) is 0 Å². The minimum atomic E-state index is -0.625. The standard InChI is InChI=1S/C14H11F2NS2/c1-7-4-10(16)8(5-9(7)15)14(17)13-6-12-11(19-13)2-3-18-12/h2-6,14H,17H2,1H3. The quantitative estimate of drug-likeness (QED) is 0.735. The average molecular weight is 295 g/mol. The molecule has 0 radical (unpaired) electrons. The topological polar surface area (TPSA) is 26.0 Å². The molecule has 0 aliphatic rings. The molecule has 3 aromatic rings. The van der Waals surface area contributed by atoms with Gasteiger partial charge in [-0.1, -0.05) is 0 Å². The van der Waals surface area contributed by atoms with Crippen LogP contribution >= 0.6 is 22.7 Å². The van der Waals surface area contributed by atoms with E-state index in [1.54, 1.807) is 11.3 Å². The van der Waals surface area contributed by atoms with Gasteiger partial charge in [-0.25, -0.2) is 8.78 Å². The normalized spacial score (nSPS) is 13.1. The summed E-state index contributed by atoms with van der Waals surface area (Å²) < 4.78 is 29.7. The van der Waals surface area contributed by atoms with Gasteiger partial charge in [0, 0.05) is 19.8 Å². The lowest BCUT2D eigenvalue weighted by molar-refractivity contribution is 0.571. The van der Waals surface area contributed by atoms with E-state index in [2.05, 4.69) is 0 Å². The summed E-state index contributed by atoms with van der Waals surface area (Å²) in [5.41, 5.74) is 6.57. The first-order valence-corrected chi connectivity index (χ1v) is 7.44. The fraction of sp³-hybridized carbons (Fsp3) is 0.143. The molecule has 0 aliphatic carbocycles. The van der Waals surface area contributed by atoms with E-state index in [1.807, 2.05) is 17.5 Å². The number of benzene rings is 1. The molecule has 0 amide bonds. The maximum atomic E-state index is 13.9. The Balaban J connectivity index is 2.06. The highest BCUT2D eigenvalue weighted by Crippen LogP contribution is 2.35. The average Bonchev–Trinajstić information content (AvgIpc) is 2.93. The molecule has 2 heterocycles. The second kappa shape index (κ2) is 4.67. The van der Waals surface area contributed by atoms with Gasteiger partial charge >= 0.3 is 0 Å². The molecule has 0 spiro atoms. The summed E-state index contributed by atoms with van der Waals surface area (Å²) in [6.07, 6.45) is 0. The third-order valence-electron chi connectivity index (χ3n) is 3.08. The third kappa shape index (κ3) is 2.18. The van der Waals surface area contributed by atoms with Gasteiger partial charge < -0.3 is 5.73 Å². The van der Waals surface area contributed by atoms with E-state index in [9.17, 15) is 8.78 Å². The molecule has 5 heteroatoms. The molecule has 1 atom stereocenters. The van der Waals surface area contributed by atoms with E-state index < -0.39 is 17.7 Å². The second-order valence-corrected chi connectivity index (χ2v) is 6.46. The Kier molecular flexibility index (Phi) is 3.12. The van der Waals surface area contributed by atoms with Crippen LogP contribution in [0.25, 0.3) is 9.40 Å². The molecular formula is C14H11F2NS2. The zero-order chi connectivity index (χ0) is 13.6. The van der Waals surface area contributed by atoms with Crippen molar-refractivity contribution in [2.24, 2.45) is 5.73 Å². The molecule has 3 rings (SSSR count). The van der Waals surface area contributed by atoms with Crippen LogP contribution in [0, 0.1) is 18.6 Å². The molecule has 0 saturated carbocycles. The lowest BCUT2D eigenvalue weighted by atomic mass is 10.0. The van der Waals surface area contributed by atoms with E-state index in [0.29, 0.717) is 5.56 Å². The molecule has 1 unspecified atom stereocenters. The summed E-state index contributed by atoms with van der Waals surface area (Å²) in [6.45, 7) is 1.54. The van der Waals surface area contributed by atoms with E-state index in [-0.39, 0.29) is 5.56 Å². The highest BCUT2D eigenvalue weighted by atomic mass is 32.1. The minimum Gasteiger partial charge on any atom is -0.320 e. The highest BCUT2D eigenvalue weighted by molar-refractivity contribution is 7.27. The number of thiophene rings is 2. The molecule has 2 aromatic heterocycles. The van der Waals surface area contributed by atoms with Gasteiger partial charge in [-0.05, 0) is 42.1 Å². The van der Waals surface area contributed by atoms with Crippen molar-refractivity contribution in [2.75, 3.05) is 0 Å². The van der Waals surface area contributed by atoms with E-state index >= 15 is 0 Å². The van der Waals surface area contributed by atoms with Crippen LogP contribution in [-0.2, 0) is 0 Å². The monoisotopic (exact) mass is 295 g/mol. The molecule has 2 N–H and O–H groups in total. The number of halogens is 2. The number of fused-ring (bicyclic) bond motifs is 1. The SMILES string of the molecule is Cc1cc(F)c(C(N)c2cc3sccc3s2)cc1F. The van der Waals surface area contributed by atoms with Gasteiger partial charge in [-0.15, -0.1) is 22.7 Å². The Hall–Kier alpha value is -1.30. The van der Waals surface area contributed by atoms with Crippen molar-refractivity contribution in [3.63, 3.8) is 0 Å². The van der Waals surface area contributed by atoms with Crippen LogP contribution in [0.2, 0.25) is 0 Å². The van der Waals surface area contributed by atoms with Gasteiger partial charge in [0.25, 0.3) is 0 Å². The summed E-state index contributed by atoms with van der Waals surface area (Å²) in [4.78, 5) is 0.851. The van der Waals surface area contributed by atoms with Gasteiger partial charge in [-0.3, -0.25) is 0 Å². The predicted molar refractivity (Wildman–Crippen MR) is 76.8 cm³/mol. The van der Waals surface area contributed by atoms with Crippen molar-refractivity contribution in [2.45, 2.75) is 13.0 Å². The first-order valence-electron chi connectivity index (χ1n) is 5.74. The van der Waals surface area contributed by atoms with Gasteiger partial charge in [0.2, 0.25) is 0 Å². The Morgan fingerprint density at radius 2 is 1.89 bits per heavy atom. The summed E-state index contributed by atoms with van der Waals surface area (Å²) in [6, 6.07) is 5.73. The van der Waals surface area contributed by atoms with Crippen LogP contribution in [0.4, 0.5) is 8.78 Å². The molecule has 0 bridgehead atoms. The van der Waals surface area contributed by atoms with Crippen LogP contribution in [-0.4, -0.2) is 0 Å². The third-order valence-corrected chi connectivity index (χ3v) is 5.25. The Morgan fingerprint density at radius 3 is 2.63 bits per heavy atom. The molecule has 98 valence electrons. The van der Waals surface area contributed by atoms with Crippen LogP contribution in [0.3, 0.4) is 0 Å². The number of nitrogens with two attached hydrogens (primary N) is 1. The van der Waals surface area contributed by atoms with E-state index in [4.69, 9.17) is 5.73 Å². The highest BCUT2D eigenvalue weighted by Gasteiger charge is 2.18. The molecule has 1 nitrogen and oxygen atoms in total. The molecule has 19 heavy (non-hydrogen) atoms. The molecular weight excluding hydrogens is 284 g/mol. The van der Waals surface area contributed by atoms with Crippen LogP contribution in [0.5, 0.6) is 0 Å². The lowest BCUT2D eigenvalue weighted by Crippen LogP contribution is -2.13. The number of hydrogen-bond acceptors (Lipinski definition) is 3. The zero-order valence-corrected chi connectivity index (χ0v) is 11.7. The van der Waals surface area contributed by atoms with Crippen molar-refractivity contribution < 1.29 is 8.78 Å². The van der Waals surface area contributed by atoms with Gasteiger partial charge in [0.1, 0.15) is 11.6 Å². The van der Waals surface area contributed by atoms with Crippen molar-refractivity contribution in [3.05, 3.63) is 57.3 Å². The van der Waals surface area contributed by atoms with E-state index in [1.165, 1.54) is 30.4 Å². The fourth-order valence-corrected chi connectivity index (χ4v) is 4.13. The molecule has 0 aliphatic heterocycles. The maximum absolute atomic E-state index is 13.9. The Labute approximate surface area is 117 Å². The van der Waals surface area contributed by atoms with Gasteiger partial charge in [0.05, 0.1) is 6.04 Å². The second-order valence-electron chi connectivity index (χ2n) is 4.40. The van der Waals surface area contributed by atoms with E-state index in [0.717, 1.165) is 14.3 Å². The summed E-state index contributed by atoms with van der Waals surface area (Å²) in [5.74, 6) is -0.881. The van der Waals surface area contributed by atoms with Crippen LogP contribution < -0.4 is 5.73 Å². The van der Waals surface area contributed by atoms with Crippen molar-refractivity contribution in [3.8, 4) is 0 Å². The zero-order valence-electron chi connectivity index (χ0n) is 10.1. The summed E-state index contributed by atoms with van der Waals surface area (Å²) in [7, 11) is 0. The number of hydrogen-bond donors (Lipinski definition) is 1. The maximum Gasteiger partial charge on any atom is 0.128 e. The number of aryl methyl sites for hydroxylation is 1.